The molecule has 1 aromatic heterocycles. The number of rotatable bonds is 6. The van der Waals surface area contributed by atoms with Crippen molar-refractivity contribution in [3.05, 3.63) is 77.6 Å². The Hall–Kier alpha value is -4.08. The lowest BCUT2D eigenvalue weighted by molar-refractivity contribution is -0.137. The third-order valence-electron chi connectivity index (χ3n) is 6.16. The fourth-order valence-electron chi connectivity index (χ4n) is 4.18. The van der Waals surface area contributed by atoms with Gasteiger partial charge in [-0.15, -0.1) is 0 Å². The third kappa shape index (κ3) is 6.19. The van der Waals surface area contributed by atoms with E-state index in [9.17, 15) is 27.9 Å². The smallest absolute Gasteiger partial charge is 0.416 e. The van der Waals surface area contributed by atoms with Crippen LogP contribution in [0.5, 0.6) is 5.75 Å². The number of hydrogen-bond donors (Lipinski definition) is 2. The molecule has 2 N–H and O–H groups in total. The summed E-state index contributed by atoms with van der Waals surface area (Å²) >= 11 is 0. The molecule has 2 aromatic carbocycles. The van der Waals surface area contributed by atoms with E-state index in [-0.39, 0.29) is 28.3 Å². The van der Waals surface area contributed by atoms with E-state index in [0.717, 1.165) is 24.2 Å². The fourth-order valence-corrected chi connectivity index (χ4v) is 4.18. The van der Waals surface area contributed by atoms with E-state index < -0.39 is 17.6 Å². The summed E-state index contributed by atoms with van der Waals surface area (Å²) in [7, 11) is 0. The molecule has 194 valence electrons. The Morgan fingerprint density at radius 3 is 2.27 bits per heavy atom. The SMILES string of the molecule is CCCNC(=O)c1ccc(N2CCN(C(=O)c3cc(-c4cncc(O)c4)cc(C(F)(F)F)c3)CC2)cc1. The van der Waals surface area contributed by atoms with Gasteiger partial charge in [0.25, 0.3) is 11.8 Å². The van der Waals surface area contributed by atoms with Crippen molar-refractivity contribution in [2.45, 2.75) is 19.5 Å². The van der Waals surface area contributed by atoms with E-state index in [2.05, 4.69) is 15.2 Å². The Balaban J connectivity index is 1.48. The van der Waals surface area contributed by atoms with Crippen molar-refractivity contribution in [1.29, 1.82) is 0 Å². The van der Waals surface area contributed by atoms with Gasteiger partial charge < -0.3 is 20.2 Å². The van der Waals surface area contributed by atoms with Gasteiger partial charge >= 0.3 is 6.18 Å². The van der Waals surface area contributed by atoms with Crippen LogP contribution in [0.2, 0.25) is 0 Å². The van der Waals surface area contributed by atoms with E-state index in [0.29, 0.717) is 38.3 Å². The van der Waals surface area contributed by atoms with Crippen molar-refractivity contribution >= 4 is 17.5 Å². The number of carbonyl (C=O) groups is 2. The summed E-state index contributed by atoms with van der Waals surface area (Å²) in [6.07, 6.45) is -1.28. The molecule has 0 aliphatic carbocycles. The van der Waals surface area contributed by atoms with Crippen LogP contribution in [-0.4, -0.2) is 59.5 Å². The molecule has 2 heterocycles. The zero-order valence-electron chi connectivity index (χ0n) is 20.3. The lowest BCUT2D eigenvalue weighted by atomic mass is 9.99. The topological polar surface area (TPSA) is 85.8 Å². The van der Waals surface area contributed by atoms with Crippen molar-refractivity contribution < 1.29 is 27.9 Å². The van der Waals surface area contributed by atoms with E-state index in [4.69, 9.17) is 0 Å². The molecular weight excluding hydrogens is 485 g/mol. The van der Waals surface area contributed by atoms with Crippen LogP contribution in [0.15, 0.2) is 60.9 Å². The zero-order chi connectivity index (χ0) is 26.6. The standard InChI is InChI=1S/C27H27F3N4O3/c1-2-7-32-25(36)18-3-5-23(6-4-18)33-8-10-34(11-9-33)26(37)20-12-19(13-22(14-20)27(28,29)30)21-15-24(35)17-31-16-21/h3-6,12-17,35H,2,7-11H2,1H3,(H,32,36). The van der Waals surface area contributed by atoms with E-state index in [1.807, 2.05) is 19.1 Å². The highest BCUT2D eigenvalue weighted by atomic mass is 19.4. The molecule has 1 aliphatic rings. The van der Waals surface area contributed by atoms with Crippen LogP contribution < -0.4 is 10.2 Å². The fraction of sp³-hybridized carbons (Fsp3) is 0.296. The second kappa shape index (κ2) is 10.9. The number of nitrogens with zero attached hydrogens (tertiary/aromatic N) is 3. The molecule has 0 saturated carbocycles. The molecule has 0 atom stereocenters. The molecule has 0 bridgehead atoms. The lowest BCUT2D eigenvalue weighted by Gasteiger charge is -2.36. The first-order chi connectivity index (χ1) is 17.7. The first-order valence-corrected chi connectivity index (χ1v) is 11.9. The average Bonchev–Trinajstić information content (AvgIpc) is 2.90. The molecule has 1 aliphatic heterocycles. The molecule has 1 fully saturated rings. The summed E-state index contributed by atoms with van der Waals surface area (Å²) in [5, 5.41) is 12.5. The van der Waals surface area contributed by atoms with E-state index in [1.54, 1.807) is 12.1 Å². The Morgan fingerprint density at radius 1 is 0.946 bits per heavy atom. The van der Waals surface area contributed by atoms with Gasteiger partial charge in [-0.25, -0.2) is 0 Å². The Morgan fingerprint density at radius 2 is 1.65 bits per heavy atom. The number of aromatic hydroxyl groups is 1. The zero-order valence-corrected chi connectivity index (χ0v) is 20.3. The Labute approximate surface area is 212 Å². The highest BCUT2D eigenvalue weighted by molar-refractivity contribution is 5.96. The second-order valence-electron chi connectivity index (χ2n) is 8.81. The van der Waals surface area contributed by atoms with Crippen molar-refractivity contribution in [2.75, 3.05) is 37.6 Å². The molecule has 4 rings (SSSR count). The maximum absolute atomic E-state index is 13.6. The van der Waals surface area contributed by atoms with E-state index in [1.165, 1.54) is 29.4 Å². The number of halogens is 3. The molecule has 3 aromatic rings. The quantitative estimate of drug-likeness (QED) is 0.505. The van der Waals surface area contributed by atoms with Gasteiger partial charge in [0.2, 0.25) is 0 Å². The van der Waals surface area contributed by atoms with Crippen LogP contribution in [0, 0.1) is 0 Å². The van der Waals surface area contributed by atoms with Gasteiger partial charge in [-0.05, 0) is 60.5 Å². The minimum atomic E-state index is -4.65. The van der Waals surface area contributed by atoms with Crippen LogP contribution >= 0.6 is 0 Å². The van der Waals surface area contributed by atoms with Crippen LogP contribution in [0.4, 0.5) is 18.9 Å². The number of nitrogens with one attached hydrogen (secondary N) is 1. The summed E-state index contributed by atoms with van der Waals surface area (Å²) in [6.45, 7) is 4.24. The van der Waals surface area contributed by atoms with E-state index >= 15 is 0 Å². The largest absolute Gasteiger partial charge is 0.506 e. The molecular formula is C27H27F3N4O3. The number of alkyl halides is 3. The number of carbonyl (C=O) groups excluding carboxylic acids is 2. The van der Waals surface area contributed by atoms with Crippen LogP contribution in [-0.2, 0) is 6.18 Å². The molecule has 10 heteroatoms. The van der Waals surface area contributed by atoms with Gasteiger partial charge in [0.05, 0.1) is 11.8 Å². The summed E-state index contributed by atoms with van der Waals surface area (Å²) in [6, 6.07) is 11.7. The minimum Gasteiger partial charge on any atom is -0.506 e. The number of aromatic nitrogens is 1. The maximum atomic E-state index is 13.6. The van der Waals surface area contributed by atoms with Crippen molar-refractivity contribution in [1.82, 2.24) is 15.2 Å². The highest BCUT2D eigenvalue weighted by Crippen LogP contribution is 2.34. The maximum Gasteiger partial charge on any atom is 0.416 e. The van der Waals surface area contributed by atoms with Gasteiger partial charge in [0, 0.05) is 61.3 Å². The Bertz CT molecular complexity index is 1270. The first-order valence-electron chi connectivity index (χ1n) is 11.9. The minimum absolute atomic E-state index is 0.0796. The normalized spacial score (nSPS) is 13.9. The molecule has 0 unspecified atom stereocenters. The van der Waals surface area contributed by atoms with Gasteiger partial charge in [0.15, 0.2) is 0 Å². The number of benzene rings is 2. The van der Waals surface area contributed by atoms with Crippen LogP contribution in [0.1, 0.15) is 39.6 Å². The van der Waals surface area contributed by atoms with Gasteiger partial charge in [0.1, 0.15) is 5.75 Å². The lowest BCUT2D eigenvalue weighted by Crippen LogP contribution is -2.48. The molecule has 0 spiro atoms. The van der Waals surface area contributed by atoms with Crippen molar-refractivity contribution in [3.63, 3.8) is 0 Å². The number of piperazine rings is 1. The summed E-state index contributed by atoms with van der Waals surface area (Å²) in [4.78, 5) is 32.7. The van der Waals surface area contributed by atoms with Gasteiger partial charge in [-0.3, -0.25) is 14.6 Å². The number of anilines is 1. The first kappa shape index (κ1) is 26.0. The van der Waals surface area contributed by atoms with Crippen LogP contribution in [0.3, 0.4) is 0 Å². The summed E-state index contributed by atoms with van der Waals surface area (Å²) in [5.41, 5.74) is 0.854. The Kier molecular flexibility index (Phi) is 7.66. The third-order valence-corrected chi connectivity index (χ3v) is 6.16. The molecule has 0 radical (unpaired) electrons. The predicted octanol–water partition coefficient (Wildman–Crippen LogP) is 4.58. The van der Waals surface area contributed by atoms with Gasteiger partial charge in [-0.2, -0.15) is 13.2 Å². The number of pyridine rings is 1. The molecule has 7 nitrogen and oxygen atoms in total. The average molecular weight is 513 g/mol. The number of amides is 2. The molecule has 1 saturated heterocycles. The summed E-state index contributed by atoms with van der Waals surface area (Å²) in [5.74, 6) is -0.817. The monoisotopic (exact) mass is 512 g/mol. The highest BCUT2D eigenvalue weighted by Gasteiger charge is 2.33. The second-order valence-corrected chi connectivity index (χ2v) is 8.81. The summed E-state index contributed by atoms with van der Waals surface area (Å²) < 4.78 is 40.8. The molecule has 37 heavy (non-hydrogen) atoms. The van der Waals surface area contributed by atoms with Crippen molar-refractivity contribution in [3.8, 4) is 16.9 Å². The van der Waals surface area contributed by atoms with Crippen molar-refractivity contribution in [2.24, 2.45) is 0 Å². The number of hydrogen-bond acceptors (Lipinski definition) is 5. The van der Waals surface area contributed by atoms with Gasteiger partial charge in [-0.1, -0.05) is 6.92 Å². The predicted molar refractivity (Wildman–Crippen MR) is 134 cm³/mol. The molecule has 2 amide bonds. The van der Waals surface area contributed by atoms with Crippen LogP contribution in [0.25, 0.3) is 11.1 Å².